The Hall–Kier alpha value is -3.71. The van der Waals surface area contributed by atoms with Gasteiger partial charge in [0.1, 0.15) is 15.1 Å². The third kappa shape index (κ3) is 7.07. The van der Waals surface area contributed by atoms with Gasteiger partial charge < -0.3 is 21.3 Å². The number of aryl methyl sites for hydroxylation is 1. The molecule has 1 aliphatic heterocycles. The maximum Gasteiger partial charge on any atom is 0.319 e. The molecule has 3 aromatic rings. The third-order valence-corrected chi connectivity index (χ3v) is 8.24. The number of hydrogen-bond acceptors (Lipinski definition) is 8. The van der Waals surface area contributed by atoms with Crippen molar-refractivity contribution in [2.75, 3.05) is 29.0 Å². The fraction of sp³-hybridized carbons (Fsp3) is 0.231. The van der Waals surface area contributed by atoms with Crippen molar-refractivity contribution < 1.29 is 13.2 Å². The first-order valence-corrected chi connectivity index (χ1v) is 14.7. The van der Waals surface area contributed by atoms with Crippen LogP contribution < -0.4 is 26.0 Å². The Bertz CT molecular complexity index is 1580. The normalized spacial score (nSPS) is 16.2. The van der Waals surface area contributed by atoms with Crippen LogP contribution in [0.25, 0.3) is 0 Å². The Morgan fingerprint density at radius 1 is 1.07 bits per heavy atom. The number of nitrogens with zero attached hydrogens (tertiary/aromatic N) is 3. The molecule has 1 aliphatic carbocycles. The zero-order valence-corrected chi connectivity index (χ0v) is 23.4. The number of amides is 2. The molecule has 0 radical (unpaired) electrons. The SMILES string of the molecule is O=C(NCCNS(=O)(=O)c1ccc(Cl)nc1)Nc1ccc2cc1CCC1C=CC=C(C1)Nc1ncc(Cl)c(n1)N2. The molecule has 5 N–H and O–H groups in total. The maximum atomic E-state index is 12.7. The lowest BCUT2D eigenvalue weighted by molar-refractivity contribution is 0.252. The quantitative estimate of drug-likeness (QED) is 0.199. The van der Waals surface area contributed by atoms with Gasteiger partial charge in [0.15, 0.2) is 5.82 Å². The number of fused-ring (bicyclic) bond motifs is 6. The number of pyridine rings is 1. The van der Waals surface area contributed by atoms with Crippen LogP contribution in [0.5, 0.6) is 0 Å². The highest BCUT2D eigenvalue weighted by Crippen LogP contribution is 2.31. The van der Waals surface area contributed by atoms with Crippen molar-refractivity contribution in [3.8, 4) is 0 Å². The van der Waals surface area contributed by atoms with Crippen molar-refractivity contribution in [2.45, 2.75) is 24.2 Å². The second-order valence-corrected chi connectivity index (χ2v) is 11.7. The number of sulfonamides is 1. The molecular weight excluding hydrogens is 575 g/mol. The van der Waals surface area contributed by atoms with Crippen molar-refractivity contribution in [1.82, 2.24) is 25.0 Å². The Morgan fingerprint density at radius 3 is 2.77 bits per heavy atom. The summed E-state index contributed by atoms with van der Waals surface area (Å²) in [6.45, 7) is 0.0677. The molecule has 208 valence electrons. The van der Waals surface area contributed by atoms with Gasteiger partial charge in [0.05, 0.1) is 6.20 Å². The number of benzene rings is 1. The van der Waals surface area contributed by atoms with Gasteiger partial charge in [0, 0.05) is 36.4 Å². The molecule has 2 aliphatic rings. The van der Waals surface area contributed by atoms with Crippen molar-refractivity contribution in [3.63, 3.8) is 0 Å². The first-order valence-electron chi connectivity index (χ1n) is 12.5. The molecule has 2 aromatic heterocycles. The molecule has 14 heteroatoms. The van der Waals surface area contributed by atoms with Gasteiger partial charge in [-0.2, -0.15) is 4.98 Å². The standard InChI is InChI=1S/C26H26Cl2N8O3S/c27-21-15-31-25-34-18-3-1-2-16(12-18)4-5-17-13-19(33-24(21)36-25)6-8-22(17)35-26(37)29-10-11-32-40(38,39)20-7-9-23(28)30-14-20/h1-3,6-9,13-16,32H,4-5,10-12H2,(H2,29,35,37)(H2,31,33,34,36). The number of nitrogens with one attached hydrogen (secondary N) is 5. The Kier molecular flexibility index (Phi) is 8.50. The third-order valence-electron chi connectivity index (χ3n) is 6.29. The lowest BCUT2D eigenvalue weighted by atomic mass is 9.91. The number of carbonyl (C=O) groups excluding carboxylic acids is 1. The highest BCUT2D eigenvalue weighted by molar-refractivity contribution is 7.89. The van der Waals surface area contributed by atoms with Crippen LogP contribution in [0.3, 0.4) is 0 Å². The summed E-state index contributed by atoms with van der Waals surface area (Å²) in [7, 11) is -3.77. The number of halogens is 2. The minimum atomic E-state index is -3.77. The Balaban J connectivity index is 1.25. The fourth-order valence-electron chi connectivity index (χ4n) is 4.31. The van der Waals surface area contributed by atoms with Crippen molar-refractivity contribution in [3.05, 3.63) is 82.4 Å². The van der Waals surface area contributed by atoms with Gasteiger partial charge in [0.25, 0.3) is 0 Å². The molecule has 11 nitrogen and oxygen atoms in total. The largest absolute Gasteiger partial charge is 0.339 e. The highest BCUT2D eigenvalue weighted by atomic mass is 35.5. The Labute approximate surface area is 241 Å². The molecule has 0 saturated carbocycles. The van der Waals surface area contributed by atoms with Crippen LogP contribution in [0.4, 0.5) is 27.9 Å². The van der Waals surface area contributed by atoms with Crippen LogP contribution in [0.2, 0.25) is 10.2 Å². The summed E-state index contributed by atoms with van der Waals surface area (Å²) in [6, 6.07) is 7.88. The lowest BCUT2D eigenvalue weighted by Gasteiger charge is -2.20. The summed E-state index contributed by atoms with van der Waals surface area (Å²) in [5.41, 5.74) is 3.34. The van der Waals surface area contributed by atoms with E-state index < -0.39 is 16.1 Å². The van der Waals surface area contributed by atoms with Gasteiger partial charge in [-0.15, -0.1) is 0 Å². The number of anilines is 4. The Morgan fingerprint density at radius 2 is 1.95 bits per heavy atom. The van der Waals surface area contributed by atoms with E-state index in [2.05, 4.69) is 47.0 Å². The van der Waals surface area contributed by atoms with E-state index in [1.54, 1.807) is 6.20 Å². The van der Waals surface area contributed by atoms with E-state index in [0.717, 1.165) is 29.8 Å². The molecule has 1 unspecified atom stereocenters. The van der Waals surface area contributed by atoms with Crippen LogP contribution >= 0.6 is 23.2 Å². The molecular formula is C26H26Cl2N8O3S. The summed E-state index contributed by atoms with van der Waals surface area (Å²) >= 11 is 12.1. The van der Waals surface area contributed by atoms with Crippen LogP contribution in [0, 0.1) is 5.92 Å². The molecule has 40 heavy (non-hydrogen) atoms. The molecule has 2 amide bonds. The monoisotopic (exact) mass is 600 g/mol. The number of carbonyl (C=O) groups is 1. The molecule has 1 aromatic carbocycles. The molecule has 0 fully saturated rings. The molecule has 1 atom stereocenters. The predicted octanol–water partition coefficient (Wildman–Crippen LogP) is 4.84. The minimum absolute atomic E-state index is 0.00627. The van der Waals surface area contributed by atoms with Crippen molar-refractivity contribution in [2.24, 2.45) is 5.92 Å². The van der Waals surface area contributed by atoms with E-state index >= 15 is 0 Å². The summed E-state index contributed by atoms with van der Waals surface area (Å²) in [6.07, 6.45) is 11.3. The van der Waals surface area contributed by atoms with Gasteiger partial charge in [-0.3, -0.25) is 0 Å². The van der Waals surface area contributed by atoms with Gasteiger partial charge in [-0.1, -0.05) is 35.4 Å². The van der Waals surface area contributed by atoms with E-state index in [4.69, 9.17) is 23.2 Å². The molecule has 5 rings (SSSR count). The highest BCUT2D eigenvalue weighted by Gasteiger charge is 2.18. The molecule has 6 bridgehead atoms. The molecule has 0 saturated heterocycles. The summed E-state index contributed by atoms with van der Waals surface area (Å²) in [5, 5.41) is 12.7. The van der Waals surface area contributed by atoms with Crippen molar-refractivity contribution in [1.29, 1.82) is 0 Å². The maximum absolute atomic E-state index is 12.7. The zero-order valence-electron chi connectivity index (χ0n) is 21.1. The first-order chi connectivity index (χ1) is 19.2. The second kappa shape index (κ2) is 12.2. The topological polar surface area (TPSA) is 150 Å². The van der Waals surface area contributed by atoms with Gasteiger partial charge >= 0.3 is 6.03 Å². The average Bonchev–Trinajstić information content (AvgIpc) is 2.93. The van der Waals surface area contributed by atoms with Crippen molar-refractivity contribution >= 4 is 62.4 Å². The lowest BCUT2D eigenvalue weighted by Crippen LogP contribution is -2.37. The van der Waals surface area contributed by atoms with Crippen LogP contribution in [-0.2, 0) is 16.4 Å². The van der Waals surface area contributed by atoms with E-state index in [0.29, 0.717) is 34.8 Å². The number of allylic oxidation sites excluding steroid dienone is 4. The number of urea groups is 1. The van der Waals surface area contributed by atoms with Crippen LogP contribution in [0.15, 0.2) is 71.5 Å². The van der Waals surface area contributed by atoms with E-state index in [1.807, 2.05) is 30.4 Å². The average molecular weight is 602 g/mol. The van der Waals surface area contributed by atoms with Crippen LogP contribution in [-0.4, -0.2) is 42.5 Å². The summed E-state index contributed by atoms with van der Waals surface area (Å²) < 4.78 is 27.2. The minimum Gasteiger partial charge on any atom is -0.339 e. The van der Waals surface area contributed by atoms with Crippen LogP contribution in [0.1, 0.15) is 18.4 Å². The fourth-order valence-corrected chi connectivity index (χ4v) is 5.53. The second-order valence-electron chi connectivity index (χ2n) is 9.19. The molecule has 3 heterocycles. The summed E-state index contributed by atoms with van der Waals surface area (Å²) in [5.74, 6) is 1.21. The van der Waals surface area contributed by atoms with E-state index in [1.165, 1.54) is 18.3 Å². The van der Waals surface area contributed by atoms with Gasteiger partial charge in [0.2, 0.25) is 16.0 Å². The smallest absolute Gasteiger partial charge is 0.319 e. The van der Waals surface area contributed by atoms with Gasteiger partial charge in [-0.25, -0.2) is 27.9 Å². The zero-order chi connectivity index (χ0) is 28.1. The number of hydrogen-bond donors (Lipinski definition) is 5. The number of aromatic nitrogens is 3. The van der Waals surface area contributed by atoms with E-state index in [9.17, 15) is 13.2 Å². The van der Waals surface area contributed by atoms with E-state index in [-0.39, 0.29) is 23.1 Å². The summed E-state index contributed by atoms with van der Waals surface area (Å²) in [4.78, 5) is 25.3. The first kappa shape index (κ1) is 27.8. The number of rotatable bonds is 6. The van der Waals surface area contributed by atoms with Gasteiger partial charge in [-0.05, 0) is 67.2 Å². The predicted molar refractivity (Wildman–Crippen MR) is 155 cm³/mol. The molecule has 0 spiro atoms.